The molecule has 4 nitrogen and oxygen atoms in total. The zero-order valence-electron chi connectivity index (χ0n) is 10.1. The largest absolute Gasteiger partial charge is 0.383 e. The highest BCUT2D eigenvalue weighted by Gasteiger charge is 2.05. The van der Waals surface area contributed by atoms with Crippen molar-refractivity contribution >= 4 is 22.4 Å². The Kier molecular flexibility index (Phi) is 4.30. The predicted octanol–water partition coefficient (Wildman–Crippen LogP) is 1.95. The van der Waals surface area contributed by atoms with Crippen molar-refractivity contribution in [1.29, 1.82) is 0 Å². The Morgan fingerprint density at radius 3 is 3.29 bits per heavy atom. The van der Waals surface area contributed by atoms with E-state index in [9.17, 15) is 0 Å². The molecule has 0 saturated heterocycles. The van der Waals surface area contributed by atoms with Gasteiger partial charge in [0.05, 0.1) is 18.0 Å². The molecular formula is C12H17N3OS. The standard InChI is InChI=1S/C12H17N3OS/c1-10-11(4-3-5-13-6-8-16-2)15-7-9-17-12(15)14-10/h3-4,7,9,13H,5-6,8H2,1-2H3. The van der Waals surface area contributed by atoms with Crippen LogP contribution in [0.15, 0.2) is 17.7 Å². The number of methoxy groups -OCH3 is 1. The topological polar surface area (TPSA) is 38.6 Å². The van der Waals surface area contributed by atoms with Gasteiger partial charge in [-0.2, -0.15) is 0 Å². The highest BCUT2D eigenvalue weighted by Crippen LogP contribution is 2.17. The normalized spacial score (nSPS) is 11.9. The van der Waals surface area contributed by atoms with E-state index < -0.39 is 0 Å². The van der Waals surface area contributed by atoms with Gasteiger partial charge in [0.15, 0.2) is 4.96 Å². The van der Waals surface area contributed by atoms with E-state index in [2.05, 4.69) is 38.4 Å². The van der Waals surface area contributed by atoms with E-state index in [-0.39, 0.29) is 0 Å². The number of hydrogen-bond acceptors (Lipinski definition) is 4. The van der Waals surface area contributed by atoms with Gasteiger partial charge in [-0.05, 0) is 13.0 Å². The lowest BCUT2D eigenvalue weighted by atomic mass is 10.3. The molecule has 0 aliphatic carbocycles. The van der Waals surface area contributed by atoms with Crippen LogP contribution in [0.25, 0.3) is 11.0 Å². The molecule has 0 fully saturated rings. The summed E-state index contributed by atoms with van der Waals surface area (Å²) in [6, 6.07) is 0. The maximum atomic E-state index is 4.96. The fourth-order valence-corrected chi connectivity index (χ4v) is 2.41. The van der Waals surface area contributed by atoms with E-state index in [1.165, 1.54) is 0 Å². The first-order valence-corrected chi connectivity index (χ1v) is 6.49. The Morgan fingerprint density at radius 2 is 2.47 bits per heavy atom. The molecule has 92 valence electrons. The molecule has 0 atom stereocenters. The van der Waals surface area contributed by atoms with Crippen molar-refractivity contribution in [3.63, 3.8) is 0 Å². The maximum absolute atomic E-state index is 4.96. The second-order valence-corrected chi connectivity index (χ2v) is 4.61. The molecule has 0 aromatic carbocycles. The van der Waals surface area contributed by atoms with Gasteiger partial charge < -0.3 is 10.1 Å². The smallest absolute Gasteiger partial charge is 0.194 e. The highest BCUT2D eigenvalue weighted by atomic mass is 32.1. The zero-order chi connectivity index (χ0) is 12.1. The third-order valence-corrected chi connectivity index (χ3v) is 3.26. The van der Waals surface area contributed by atoms with Crippen LogP contribution < -0.4 is 5.32 Å². The van der Waals surface area contributed by atoms with Crippen molar-refractivity contribution in [3.8, 4) is 0 Å². The van der Waals surface area contributed by atoms with Gasteiger partial charge >= 0.3 is 0 Å². The van der Waals surface area contributed by atoms with Gasteiger partial charge in [0.2, 0.25) is 0 Å². The van der Waals surface area contributed by atoms with E-state index in [0.717, 1.165) is 36.0 Å². The molecule has 17 heavy (non-hydrogen) atoms. The first-order chi connectivity index (χ1) is 8.33. The van der Waals surface area contributed by atoms with Gasteiger partial charge in [0.25, 0.3) is 0 Å². The van der Waals surface area contributed by atoms with Gasteiger partial charge in [-0.25, -0.2) is 4.98 Å². The van der Waals surface area contributed by atoms with Crippen molar-refractivity contribution in [2.24, 2.45) is 0 Å². The quantitative estimate of drug-likeness (QED) is 0.798. The van der Waals surface area contributed by atoms with Crippen LogP contribution in [0.5, 0.6) is 0 Å². The van der Waals surface area contributed by atoms with Crippen molar-refractivity contribution in [2.45, 2.75) is 6.92 Å². The number of aromatic nitrogens is 2. The summed E-state index contributed by atoms with van der Waals surface area (Å²) in [6.45, 7) is 4.51. The van der Waals surface area contributed by atoms with Gasteiger partial charge in [0.1, 0.15) is 0 Å². The number of nitrogens with zero attached hydrogens (tertiary/aromatic N) is 2. The molecule has 0 spiro atoms. The van der Waals surface area contributed by atoms with Gasteiger partial charge in [0, 0.05) is 31.8 Å². The molecule has 0 aliphatic rings. The minimum absolute atomic E-state index is 0.744. The molecule has 0 unspecified atom stereocenters. The molecule has 2 rings (SSSR count). The fourth-order valence-electron chi connectivity index (χ4n) is 1.64. The molecule has 2 aromatic heterocycles. The van der Waals surface area contributed by atoms with Crippen molar-refractivity contribution in [2.75, 3.05) is 26.8 Å². The molecule has 0 aliphatic heterocycles. The minimum Gasteiger partial charge on any atom is -0.383 e. The summed E-state index contributed by atoms with van der Waals surface area (Å²) in [4.78, 5) is 5.54. The van der Waals surface area contributed by atoms with Crippen molar-refractivity contribution in [3.05, 3.63) is 29.0 Å². The van der Waals surface area contributed by atoms with Crippen LogP contribution in [0.4, 0.5) is 0 Å². The molecule has 2 heterocycles. The second kappa shape index (κ2) is 5.95. The van der Waals surface area contributed by atoms with E-state index in [0.29, 0.717) is 0 Å². The molecule has 0 amide bonds. The van der Waals surface area contributed by atoms with Crippen LogP contribution in [0.1, 0.15) is 11.4 Å². The van der Waals surface area contributed by atoms with Crippen molar-refractivity contribution in [1.82, 2.24) is 14.7 Å². The van der Waals surface area contributed by atoms with Crippen LogP contribution in [0, 0.1) is 6.92 Å². The fraction of sp³-hybridized carbons (Fsp3) is 0.417. The summed E-state index contributed by atoms with van der Waals surface area (Å²) < 4.78 is 7.08. The Balaban J connectivity index is 1.95. The Labute approximate surface area is 105 Å². The third kappa shape index (κ3) is 2.94. The summed E-state index contributed by atoms with van der Waals surface area (Å²) in [5.41, 5.74) is 2.24. The molecule has 5 heteroatoms. The Morgan fingerprint density at radius 1 is 1.59 bits per heavy atom. The SMILES string of the molecule is COCCNCC=Cc1c(C)nc2sccn12. The number of hydrogen-bond donors (Lipinski definition) is 1. The molecule has 0 radical (unpaired) electrons. The molecule has 0 bridgehead atoms. The monoisotopic (exact) mass is 251 g/mol. The van der Waals surface area contributed by atoms with Crippen LogP contribution in [-0.4, -0.2) is 36.2 Å². The summed E-state index contributed by atoms with van der Waals surface area (Å²) in [5, 5.41) is 5.32. The average Bonchev–Trinajstić information content (AvgIpc) is 2.85. The lowest BCUT2D eigenvalue weighted by Crippen LogP contribution is -2.18. The molecule has 1 N–H and O–H groups in total. The summed E-state index contributed by atoms with van der Waals surface area (Å²) in [5.74, 6) is 0. The lowest BCUT2D eigenvalue weighted by Gasteiger charge is -1.99. The zero-order valence-corrected chi connectivity index (χ0v) is 11.0. The van der Waals surface area contributed by atoms with Crippen LogP contribution in [0.3, 0.4) is 0 Å². The number of nitrogens with one attached hydrogen (secondary N) is 1. The number of rotatable bonds is 6. The van der Waals surface area contributed by atoms with Gasteiger partial charge in [-0.1, -0.05) is 6.08 Å². The summed E-state index contributed by atoms with van der Waals surface area (Å²) in [7, 11) is 1.71. The van der Waals surface area contributed by atoms with E-state index >= 15 is 0 Å². The van der Waals surface area contributed by atoms with Crippen LogP contribution in [-0.2, 0) is 4.74 Å². The first kappa shape index (κ1) is 12.3. The third-order valence-electron chi connectivity index (χ3n) is 2.50. The number of thiazole rings is 1. The molecule has 2 aromatic rings. The summed E-state index contributed by atoms with van der Waals surface area (Å²) in [6.07, 6.45) is 6.28. The molecule has 0 saturated carbocycles. The van der Waals surface area contributed by atoms with E-state index in [1.807, 2.05) is 6.92 Å². The minimum atomic E-state index is 0.744. The van der Waals surface area contributed by atoms with Crippen LogP contribution >= 0.6 is 11.3 Å². The predicted molar refractivity (Wildman–Crippen MR) is 71.6 cm³/mol. The second-order valence-electron chi connectivity index (χ2n) is 3.74. The lowest BCUT2D eigenvalue weighted by molar-refractivity contribution is 0.200. The highest BCUT2D eigenvalue weighted by molar-refractivity contribution is 7.15. The Hall–Kier alpha value is -1.17. The average molecular weight is 251 g/mol. The van der Waals surface area contributed by atoms with Gasteiger partial charge in [-0.3, -0.25) is 4.40 Å². The maximum Gasteiger partial charge on any atom is 0.194 e. The first-order valence-electron chi connectivity index (χ1n) is 5.61. The van der Waals surface area contributed by atoms with E-state index in [4.69, 9.17) is 4.74 Å². The van der Waals surface area contributed by atoms with Crippen LogP contribution in [0.2, 0.25) is 0 Å². The molecular weight excluding hydrogens is 234 g/mol. The Bertz CT molecular complexity index is 501. The number of imidazole rings is 1. The summed E-state index contributed by atoms with van der Waals surface area (Å²) >= 11 is 1.66. The van der Waals surface area contributed by atoms with E-state index in [1.54, 1.807) is 18.4 Å². The number of fused-ring (bicyclic) bond motifs is 1. The number of aryl methyl sites for hydroxylation is 1. The van der Waals surface area contributed by atoms with Gasteiger partial charge in [-0.15, -0.1) is 11.3 Å². The number of ether oxygens (including phenoxy) is 1. The van der Waals surface area contributed by atoms with Crippen molar-refractivity contribution < 1.29 is 4.74 Å².